The van der Waals surface area contributed by atoms with E-state index in [1.165, 1.54) is 4.90 Å². The number of hydrogen-bond acceptors (Lipinski definition) is 6. The number of likely N-dealkylation sites (tertiary alicyclic amines) is 1. The number of aliphatic carboxylic acids is 1. The SMILES string of the molecule is CCC(C)C(NC(=O)C1CCCN1C(=O)C(N)Cc1ccccc1)C(=O)NC(CC(N)=O)C(=O)O. The predicted molar refractivity (Wildman–Crippen MR) is 128 cm³/mol. The minimum absolute atomic E-state index is 0.332. The van der Waals surface area contributed by atoms with Gasteiger partial charge in [-0.1, -0.05) is 50.6 Å². The van der Waals surface area contributed by atoms with Crippen molar-refractivity contribution in [1.82, 2.24) is 15.5 Å². The van der Waals surface area contributed by atoms with Crippen molar-refractivity contribution in [1.29, 1.82) is 0 Å². The molecule has 0 radical (unpaired) electrons. The number of carboxylic acids is 1. The molecule has 0 saturated carbocycles. The molecule has 0 spiro atoms. The topological polar surface area (TPSA) is 185 Å². The maximum atomic E-state index is 13.2. The highest BCUT2D eigenvalue weighted by molar-refractivity contribution is 5.95. The number of carboxylic acid groups (broad SMARTS) is 1. The first-order chi connectivity index (χ1) is 16.5. The van der Waals surface area contributed by atoms with Gasteiger partial charge in [0.25, 0.3) is 0 Å². The Hall–Kier alpha value is -3.47. The molecule has 0 aliphatic carbocycles. The van der Waals surface area contributed by atoms with E-state index in [4.69, 9.17) is 11.5 Å². The minimum Gasteiger partial charge on any atom is -0.480 e. The van der Waals surface area contributed by atoms with Gasteiger partial charge in [-0.2, -0.15) is 0 Å². The van der Waals surface area contributed by atoms with Crippen molar-refractivity contribution < 1.29 is 29.1 Å². The molecule has 7 N–H and O–H groups in total. The molecule has 11 nitrogen and oxygen atoms in total. The second kappa shape index (κ2) is 12.8. The fourth-order valence-corrected chi connectivity index (χ4v) is 4.09. The van der Waals surface area contributed by atoms with E-state index in [0.717, 1.165) is 5.56 Å². The van der Waals surface area contributed by atoms with Crippen molar-refractivity contribution in [2.75, 3.05) is 6.54 Å². The molecule has 5 unspecified atom stereocenters. The monoisotopic (exact) mass is 489 g/mol. The van der Waals surface area contributed by atoms with Gasteiger partial charge in [-0.25, -0.2) is 4.79 Å². The highest BCUT2D eigenvalue weighted by Gasteiger charge is 2.39. The van der Waals surface area contributed by atoms with Gasteiger partial charge in [0, 0.05) is 6.54 Å². The molecule has 1 aliphatic rings. The van der Waals surface area contributed by atoms with Gasteiger partial charge in [0.05, 0.1) is 12.5 Å². The van der Waals surface area contributed by atoms with E-state index >= 15 is 0 Å². The van der Waals surface area contributed by atoms with E-state index in [1.54, 1.807) is 6.92 Å². The van der Waals surface area contributed by atoms with Crippen LogP contribution in [0.3, 0.4) is 0 Å². The number of nitrogens with one attached hydrogen (secondary N) is 2. The Labute approximate surface area is 204 Å². The van der Waals surface area contributed by atoms with Crippen LogP contribution < -0.4 is 22.1 Å². The Bertz CT molecular complexity index is 924. The summed E-state index contributed by atoms with van der Waals surface area (Å²) in [4.78, 5) is 63.1. The smallest absolute Gasteiger partial charge is 0.326 e. The van der Waals surface area contributed by atoms with Crippen LogP contribution in [0.1, 0.15) is 45.1 Å². The lowest BCUT2D eigenvalue weighted by atomic mass is 9.97. The number of nitrogens with two attached hydrogens (primary N) is 2. The number of hydrogen-bond donors (Lipinski definition) is 5. The van der Waals surface area contributed by atoms with Crippen LogP contribution in [0.15, 0.2) is 30.3 Å². The van der Waals surface area contributed by atoms with Crippen LogP contribution in [-0.2, 0) is 30.4 Å². The third kappa shape index (κ3) is 7.78. The summed E-state index contributed by atoms with van der Waals surface area (Å²) in [6.45, 7) is 3.93. The average molecular weight is 490 g/mol. The predicted octanol–water partition coefficient (Wildman–Crippen LogP) is -0.477. The molecule has 4 amide bonds. The minimum atomic E-state index is -1.51. The van der Waals surface area contributed by atoms with Gasteiger partial charge in [0.1, 0.15) is 18.1 Å². The molecule has 1 aromatic carbocycles. The fraction of sp³-hybridized carbons (Fsp3) is 0.542. The highest BCUT2D eigenvalue weighted by atomic mass is 16.4. The lowest BCUT2D eigenvalue weighted by molar-refractivity contribution is -0.144. The fourth-order valence-electron chi connectivity index (χ4n) is 4.09. The zero-order valence-corrected chi connectivity index (χ0v) is 20.1. The summed E-state index contributed by atoms with van der Waals surface area (Å²) in [6, 6.07) is 5.16. The number of carbonyl (C=O) groups is 5. The second-order valence-corrected chi connectivity index (χ2v) is 8.93. The Morgan fingerprint density at radius 2 is 1.80 bits per heavy atom. The molecule has 5 atom stereocenters. The molecule has 0 aromatic heterocycles. The van der Waals surface area contributed by atoms with Gasteiger partial charge in [-0.3, -0.25) is 19.2 Å². The van der Waals surface area contributed by atoms with E-state index < -0.39 is 54.3 Å². The number of carbonyl (C=O) groups excluding carboxylic acids is 4. The summed E-state index contributed by atoms with van der Waals surface area (Å²) >= 11 is 0. The zero-order valence-electron chi connectivity index (χ0n) is 20.1. The maximum absolute atomic E-state index is 13.2. The third-order valence-corrected chi connectivity index (χ3v) is 6.27. The van der Waals surface area contributed by atoms with Gasteiger partial charge in [-0.15, -0.1) is 0 Å². The summed E-state index contributed by atoms with van der Waals surface area (Å²) in [5.41, 5.74) is 12.1. The molecule has 1 heterocycles. The normalized spacial score (nSPS) is 18.7. The maximum Gasteiger partial charge on any atom is 0.326 e. The van der Waals surface area contributed by atoms with Crippen molar-refractivity contribution in [3.8, 4) is 0 Å². The molecule has 0 bridgehead atoms. The van der Waals surface area contributed by atoms with Crippen molar-refractivity contribution in [2.45, 2.75) is 70.1 Å². The molecule has 1 saturated heterocycles. The van der Waals surface area contributed by atoms with Gasteiger partial charge in [-0.05, 0) is 30.7 Å². The summed E-state index contributed by atoms with van der Waals surface area (Å²) in [7, 11) is 0. The van der Waals surface area contributed by atoms with Crippen molar-refractivity contribution in [2.24, 2.45) is 17.4 Å². The van der Waals surface area contributed by atoms with E-state index in [1.807, 2.05) is 37.3 Å². The van der Waals surface area contributed by atoms with E-state index in [9.17, 15) is 29.1 Å². The van der Waals surface area contributed by atoms with Gasteiger partial charge >= 0.3 is 5.97 Å². The molecule has 2 rings (SSSR count). The number of primary amides is 1. The Morgan fingerprint density at radius 3 is 2.37 bits per heavy atom. The van der Waals surface area contributed by atoms with Gasteiger partial charge in [0.2, 0.25) is 23.6 Å². The third-order valence-electron chi connectivity index (χ3n) is 6.27. The average Bonchev–Trinajstić information content (AvgIpc) is 3.31. The molecule has 192 valence electrons. The highest BCUT2D eigenvalue weighted by Crippen LogP contribution is 2.20. The van der Waals surface area contributed by atoms with Crippen LogP contribution in [0, 0.1) is 5.92 Å². The van der Waals surface area contributed by atoms with E-state index in [2.05, 4.69) is 10.6 Å². The summed E-state index contributed by atoms with van der Waals surface area (Å²) < 4.78 is 0. The Morgan fingerprint density at radius 1 is 1.14 bits per heavy atom. The molecule has 35 heavy (non-hydrogen) atoms. The molecule has 1 fully saturated rings. The summed E-state index contributed by atoms with van der Waals surface area (Å²) in [6.07, 6.45) is 1.30. The van der Waals surface area contributed by atoms with Crippen LogP contribution in [-0.4, -0.2) is 70.3 Å². The summed E-state index contributed by atoms with van der Waals surface area (Å²) in [5, 5.41) is 14.3. The molecular formula is C24H35N5O6. The van der Waals surface area contributed by atoms with Crippen LogP contribution in [0.4, 0.5) is 0 Å². The lowest BCUT2D eigenvalue weighted by Crippen LogP contribution is -2.58. The number of amides is 4. The largest absolute Gasteiger partial charge is 0.480 e. The van der Waals surface area contributed by atoms with Crippen LogP contribution in [0.5, 0.6) is 0 Å². The summed E-state index contributed by atoms with van der Waals surface area (Å²) in [5.74, 6) is -4.22. The van der Waals surface area contributed by atoms with Gasteiger partial charge < -0.3 is 32.1 Å². The quantitative estimate of drug-likeness (QED) is 0.262. The molecule has 1 aliphatic heterocycles. The van der Waals surface area contributed by atoms with Crippen molar-refractivity contribution in [3.63, 3.8) is 0 Å². The Balaban J connectivity index is 2.10. The number of rotatable bonds is 12. The number of nitrogens with zero attached hydrogens (tertiary/aromatic N) is 1. The first-order valence-electron chi connectivity index (χ1n) is 11.8. The standard InChI is InChI=1S/C24H35N5O6/c1-3-14(2)20(22(32)27-17(24(34)35)13-19(26)30)28-21(31)18-10-7-11-29(18)23(33)16(25)12-15-8-5-4-6-9-15/h4-6,8-9,14,16-18,20H,3,7,10-13,25H2,1-2H3,(H2,26,30)(H,27,32)(H,28,31)(H,34,35). The lowest BCUT2D eigenvalue weighted by Gasteiger charge is -2.30. The first-order valence-corrected chi connectivity index (χ1v) is 11.8. The van der Waals surface area contributed by atoms with Crippen LogP contribution >= 0.6 is 0 Å². The molecule has 11 heteroatoms. The number of benzene rings is 1. The van der Waals surface area contributed by atoms with Gasteiger partial charge in [0.15, 0.2) is 0 Å². The van der Waals surface area contributed by atoms with E-state index in [0.29, 0.717) is 32.2 Å². The van der Waals surface area contributed by atoms with E-state index in [-0.39, 0.29) is 11.8 Å². The van der Waals surface area contributed by atoms with Crippen molar-refractivity contribution in [3.05, 3.63) is 35.9 Å². The second-order valence-electron chi connectivity index (χ2n) is 8.93. The molecule has 1 aromatic rings. The van der Waals surface area contributed by atoms with Crippen LogP contribution in [0.2, 0.25) is 0 Å². The zero-order chi connectivity index (χ0) is 26.1. The molecular weight excluding hydrogens is 454 g/mol. The van der Waals surface area contributed by atoms with Crippen molar-refractivity contribution >= 4 is 29.6 Å². The first kappa shape index (κ1) is 27.8. The Kier molecular flexibility index (Phi) is 10.2. The van der Waals surface area contributed by atoms with Crippen LogP contribution in [0.25, 0.3) is 0 Å².